The maximum atomic E-state index is 13.5. The van der Waals surface area contributed by atoms with Crippen molar-refractivity contribution in [1.82, 2.24) is 0 Å². The summed E-state index contributed by atoms with van der Waals surface area (Å²) in [5, 5.41) is 2.70. The SMILES string of the molecule is CCc1ccccc1NC(=O)[C@H](C)N(c1ccc(F)c(F)c1)S(C)(=O)=O. The van der Waals surface area contributed by atoms with Crippen LogP contribution in [-0.4, -0.2) is 26.6 Å². The zero-order valence-corrected chi connectivity index (χ0v) is 15.5. The molecule has 2 rings (SSSR count). The predicted molar refractivity (Wildman–Crippen MR) is 97.6 cm³/mol. The second-order valence-electron chi connectivity index (χ2n) is 5.83. The Morgan fingerprint density at radius 2 is 1.81 bits per heavy atom. The number of halogens is 2. The van der Waals surface area contributed by atoms with Crippen molar-refractivity contribution in [2.75, 3.05) is 15.9 Å². The van der Waals surface area contributed by atoms with Gasteiger partial charge < -0.3 is 5.32 Å². The molecule has 0 heterocycles. The van der Waals surface area contributed by atoms with E-state index in [0.29, 0.717) is 12.1 Å². The Morgan fingerprint density at radius 1 is 1.15 bits per heavy atom. The molecule has 26 heavy (non-hydrogen) atoms. The first-order valence-corrected chi connectivity index (χ1v) is 9.83. The second kappa shape index (κ2) is 7.82. The van der Waals surface area contributed by atoms with Crippen LogP contribution in [0, 0.1) is 11.6 Å². The molecule has 140 valence electrons. The van der Waals surface area contributed by atoms with E-state index in [2.05, 4.69) is 5.32 Å². The molecule has 0 saturated heterocycles. The highest BCUT2D eigenvalue weighted by Gasteiger charge is 2.30. The van der Waals surface area contributed by atoms with Crippen LogP contribution in [0.2, 0.25) is 0 Å². The molecule has 0 fully saturated rings. The van der Waals surface area contributed by atoms with E-state index < -0.39 is 33.6 Å². The van der Waals surface area contributed by atoms with Gasteiger partial charge in [0.05, 0.1) is 11.9 Å². The third-order valence-electron chi connectivity index (χ3n) is 3.90. The predicted octanol–water partition coefficient (Wildman–Crippen LogP) is 3.32. The van der Waals surface area contributed by atoms with Crippen molar-refractivity contribution in [2.24, 2.45) is 0 Å². The van der Waals surface area contributed by atoms with Crippen molar-refractivity contribution in [1.29, 1.82) is 0 Å². The van der Waals surface area contributed by atoms with Crippen molar-refractivity contribution in [3.05, 3.63) is 59.7 Å². The van der Waals surface area contributed by atoms with E-state index in [1.165, 1.54) is 6.92 Å². The van der Waals surface area contributed by atoms with Gasteiger partial charge in [-0.1, -0.05) is 25.1 Å². The molecule has 0 spiro atoms. The number of nitrogens with zero attached hydrogens (tertiary/aromatic N) is 1. The molecule has 0 saturated carbocycles. The third kappa shape index (κ3) is 4.37. The van der Waals surface area contributed by atoms with Gasteiger partial charge in [0.2, 0.25) is 15.9 Å². The summed E-state index contributed by atoms with van der Waals surface area (Å²) in [5.74, 6) is -2.88. The van der Waals surface area contributed by atoms with Crippen molar-refractivity contribution < 1.29 is 22.0 Å². The van der Waals surface area contributed by atoms with Gasteiger partial charge in [0, 0.05) is 11.8 Å². The normalized spacial score (nSPS) is 12.5. The lowest BCUT2D eigenvalue weighted by atomic mass is 10.1. The Balaban J connectivity index is 2.36. The summed E-state index contributed by atoms with van der Waals surface area (Å²) >= 11 is 0. The molecule has 0 aromatic heterocycles. The fraction of sp³-hybridized carbons (Fsp3) is 0.278. The zero-order valence-electron chi connectivity index (χ0n) is 14.7. The summed E-state index contributed by atoms with van der Waals surface area (Å²) in [6, 6.07) is 8.67. The number of carbonyl (C=O) groups excluding carboxylic acids is 1. The Hall–Kier alpha value is -2.48. The van der Waals surface area contributed by atoms with Crippen LogP contribution in [0.4, 0.5) is 20.2 Å². The van der Waals surface area contributed by atoms with Crippen LogP contribution in [-0.2, 0) is 21.2 Å². The first kappa shape index (κ1) is 19.8. The Morgan fingerprint density at radius 3 is 2.38 bits per heavy atom. The van der Waals surface area contributed by atoms with E-state index in [4.69, 9.17) is 0 Å². The van der Waals surface area contributed by atoms with E-state index in [-0.39, 0.29) is 5.69 Å². The molecule has 5 nitrogen and oxygen atoms in total. The molecular weight excluding hydrogens is 362 g/mol. The molecule has 8 heteroatoms. The average Bonchev–Trinajstić information content (AvgIpc) is 2.57. The van der Waals surface area contributed by atoms with E-state index >= 15 is 0 Å². The minimum Gasteiger partial charge on any atom is -0.324 e. The highest BCUT2D eigenvalue weighted by atomic mass is 32.2. The fourth-order valence-electron chi connectivity index (χ4n) is 2.62. The van der Waals surface area contributed by atoms with Gasteiger partial charge in [-0.25, -0.2) is 17.2 Å². The first-order chi connectivity index (χ1) is 12.1. The van der Waals surface area contributed by atoms with Gasteiger partial charge in [-0.15, -0.1) is 0 Å². The molecule has 1 amide bonds. The van der Waals surface area contributed by atoms with Gasteiger partial charge >= 0.3 is 0 Å². The lowest BCUT2D eigenvalue weighted by Crippen LogP contribution is -2.45. The number of sulfonamides is 1. The molecule has 0 bridgehead atoms. The minimum atomic E-state index is -3.92. The van der Waals surface area contributed by atoms with Gasteiger partial charge in [-0.3, -0.25) is 9.10 Å². The van der Waals surface area contributed by atoms with Crippen molar-refractivity contribution >= 4 is 27.3 Å². The van der Waals surface area contributed by atoms with Crippen molar-refractivity contribution in [3.63, 3.8) is 0 Å². The molecule has 0 aliphatic heterocycles. The lowest BCUT2D eigenvalue weighted by molar-refractivity contribution is -0.116. The van der Waals surface area contributed by atoms with Crippen LogP contribution in [0.3, 0.4) is 0 Å². The Bertz CT molecular complexity index is 916. The lowest BCUT2D eigenvalue weighted by Gasteiger charge is -2.28. The molecule has 0 aliphatic carbocycles. The third-order valence-corrected chi connectivity index (χ3v) is 5.14. The number of anilines is 2. The molecule has 1 N–H and O–H groups in total. The maximum absolute atomic E-state index is 13.5. The van der Waals surface area contributed by atoms with Gasteiger partial charge in [-0.05, 0) is 37.1 Å². The number of benzene rings is 2. The summed E-state index contributed by atoms with van der Waals surface area (Å²) < 4.78 is 51.8. The van der Waals surface area contributed by atoms with Gasteiger partial charge in [0.25, 0.3) is 0 Å². The monoisotopic (exact) mass is 382 g/mol. The molecular formula is C18H20F2N2O3S. The van der Waals surface area contributed by atoms with E-state index in [1.54, 1.807) is 12.1 Å². The molecule has 0 aliphatic rings. The van der Waals surface area contributed by atoms with Crippen molar-refractivity contribution in [3.8, 4) is 0 Å². The van der Waals surface area contributed by atoms with Crippen LogP contribution in [0.5, 0.6) is 0 Å². The quantitative estimate of drug-likeness (QED) is 0.833. The second-order valence-corrected chi connectivity index (χ2v) is 7.69. The number of aryl methyl sites for hydroxylation is 1. The summed E-state index contributed by atoms with van der Waals surface area (Å²) in [5.41, 5.74) is 1.34. The number of hydrogen-bond donors (Lipinski definition) is 1. The van der Waals surface area contributed by atoms with Crippen LogP contribution < -0.4 is 9.62 Å². The van der Waals surface area contributed by atoms with Gasteiger partial charge in [0.15, 0.2) is 11.6 Å². The van der Waals surface area contributed by atoms with Gasteiger partial charge in [0.1, 0.15) is 6.04 Å². The number of amides is 1. The molecule has 0 unspecified atom stereocenters. The number of carbonyl (C=O) groups is 1. The number of para-hydroxylation sites is 1. The zero-order chi connectivity index (χ0) is 19.5. The Labute approximate surface area is 151 Å². The Kier molecular flexibility index (Phi) is 5.97. The molecule has 1 atom stereocenters. The highest BCUT2D eigenvalue weighted by molar-refractivity contribution is 7.92. The standard InChI is InChI=1S/C18H20F2N2O3S/c1-4-13-7-5-6-8-17(13)21-18(23)12(2)22(26(3,24)25)14-9-10-15(19)16(20)11-14/h5-12H,4H2,1-3H3,(H,21,23)/t12-/m0/s1. The summed E-state index contributed by atoms with van der Waals surface area (Å²) in [4.78, 5) is 12.6. The molecule has 2 aromatic rings. The fourth-order valence-corrected chi connectivity index (χ4v) is 3.79. The number of nitrogens with one attached hydrogen (secondary N) is 1. The summed E-state index contributed by atoms with van der Waals surface area (Å²) in [6.45, 7) is 3.31. The van der Waals surface area contributed by atoms with Crippen molar-refractivity contribution in [2.45, 2.75) is 26.3 Å². The van der Waals surface area contributed by atoms with E-state index in [1.807, 2.05) is 19.1 Å². The van der Waals surface area contributed by atoms with E-state index in [9.17, 15) is 22.0 Å². The molecule has 2 aromatic carbocycles. The van der Waals surface area contributed by atoms with Crippen LogP contribution in [0.15, 0.2) is 42.5 Å². The smallest absolute Gasteiger partial charge is 0.248 e. The average molecular weight is 382 g/mol. The molecule has 0 radical (unpaired) electrons. The maximum Gasteiger partial charge on any atom is 0.248 e. The van der Waals surface area contributed by atoms with Crippen LogP contribution in [0.1, 0.15) is 19.4 Å². The number of hydrogen-bond acceptors (Lipinski definition) is 3. The number of rotatable bonds is 6. The topological polar surface area (TPSA) is 66.5 Å². The van der Waals surface area contributed by atoms with E-state index in [0.717, 1.165) is 34.3 Å². The van der Waals surface area contributed by atoms with Gasteiger partial charge in [-0.2, -0.15) is 0 Å². The minimum absolute atomic E-state index is 0.127. The summed E-state index contributed by atoms with van der Waals surface area (Å²) in [7, 11) is -3.92. The summed E-state index contributed by atoms with van der Waals surface area (Å²) in [6.07, 6.45) is 1.59. The van der Waals surface area contributed by atoms with Crippen LogP contribution in [0.25, 0.3) is 0 Å². The highest BCUT2D eigenvalue weighted by Crippen LogP contribution is 2.24. The van der Waals surface area contributed by atoms with Crippen LogP contribution >= 0.6 is 0 Å². The first-order valence-electron chi connectivity index (χ1n) is 7.98. The largest absolute Gasteiger partial charge is 0.324 e.